The number of benzene rings is 3. The predicted molar refractivity (Wildman–Crippen MR) is 226 cm³/mol. The Morgan fingerprint density at radius 2 is 1.84 bits per heavy atom. The monoisotopic (exact) mass is 803 g/mol. The van der Waals surface area contributed by atoms with Crippen molar-refractivity contribution in [1.82, 2.24) is 14.9 Å². The Balaban J connectivity index is 1.09. The number of amides is 1. The zero-order valence-electron chi connectivity index (χ0n) is 33.7. The van der Waals surface area contributed by atoms with Crippen LogP contribution in [0, 0.1) is 18.3 Å². The van der Waals surface area contributed by atoms with Crippen molar-refractivity contribution < 1.29 is 27.4 Å². The number of carbonyl (C=O) groups is 1. The third-order valence-electron chi connectivity index (χ3n) is 11.1. The molecule has 2 aliphatic carbocycles. The summed E-state index contributed by atoms with van der Waals surface area (Å²) in [6.07, 6.45) is 10.0. The molecule has 7 rings (SSSR count). The van der Waals surface area contributed by atoms with Gasteiger partial charge in [0, 0.05) is 60.0 Å². The number of anilines is 4. The van der Waals surface area contributed by atoms with Crippen LogP contribution in [0.2, 0.25) is 0 Å². The maximum Gasteiger partial charge on any atom is 0.255 e. The lowest BCUT2D eigenvalue weighted by molar-refractivity contribution is 0.0322. The molecule has 1 fully saturated rings. The number of methoxy groups -OCH3 is 1. The first-order chi connectivity index (χ1) is 27.7. The molecule has 2 unspecified atom stereocenters. The first kappa shape index (κ1) is 40.4. The number of fused-ring (bicyclic) bond motifs is 1. The number of sulfonamides is 1. The third kappa shape index (κ3) is 9.18. The number of aromatic nitrogens is 2. The Labute approximate surface area is 340 Å². The Kier molecular flexibility index (Phi) is 11.6. The lowest BCUT2D eigenvalue weighted by Gasteiger charge is -2.28. The smallest absolute Gasteiger partial charge is 0.255 e. The molecule has 14 heteroatoms. The van der Waals surface area contributed by atoms with Crippen LogP contribution in [0.4, 0.5) is 23.0 Å². The first-order valence-corrected chi connectivity index (χ1v) is 21.2. The quantitative estimate of drug-likeness (QED) is 0.110. The number of nitrogens with one attached hydrogen (secondary N) is 3. The van der Waals surface area contributed by atoms with Gasteiger partial charge in [0.1, 0.15) is 12.4 Å². The molecule has 0 radical (unpaired) electrons. The fraction of sp³-hybridized carbons (Fsp3) is 0.364. The predicted octanol–water partition coefficient (Wildman–Crippen LogP) is 7.27. The summed E-state index contributed by atoms with van der Waals surface area (Å²) in [5.74, 6) is 0.763. The van der Waals surface area contributed by atoms with Crippen molar-refractivity contribution in [3.63, 3.8) is 0 Å². The standard InChI is InChI=1S/C44H49N7O6S/c1-27-7-8-30(42(52)48-39-22-32(44(3,4)31-9-10-31)23-40(41(39)55-5)50-58(6,53)54)21-36(27)35-11-12-38-37(28(35)2)26-46-43(49-38)47-33-19-29(25-45)20-34(24-33)57-18-15-51-13-16-56-17-14-51/h7-9,11-12,19-24,26,28,35,50H,10,13-18H2,1-6H3,(H,48,52)(H,46,47,49). The van der Waals surface area contributed by atoms with Crippen molar-refractivity contribution in [2.45, 2.75) is 51.4 Å². The molecule has 1 aliphatic heterocycles. The van der Waals surface area contributed by atoms with Crippen LogP contribution >= 0.6 is 0 Å². The number of carbonyl (C=O) groups excluding carboxylic acids is 1. The third-order valence-corrected chi connectivity index (χ3v) is 11.7. The maximum atomic E-state index is 14.0. The second-order valence-corrected chi connectivity index (χ2v) is 17.3. The van der Waals surface area contributed by atoms with Crippen LogP contribution in [-0.2, 0) is 20.2 Å². The number of rotatable bonds is 14. The van der Waals surface area contributed by atoms with Crippen molar-refractivity contribution in [3.05, 3.63) is 112 Å². The van der Waals surface area contributed by atoms with Gasteiger partial charge in [-0.15, -0.1) is 0 Å². The van der Waals surface area contributed by atoms with E-state index >= 15 is 0 Å². The summed E-state index contributed by atoms with van der Waals surface area (Å²) >= 11 is 0. The highest BCUT2D eigenvalue weighted by Gasteiger charge is 2.33. The molecule has 0 bridgehead atoms. The van der Waals surface area contributed by atoms with Crippen LogP contribution in [-0.4, -0.2) is 82.0 Å². The Hall–Kier alpha value is -5.75. The molecular formula is C44H49N7O6S. The number of ether oxygens (including phenoxy) is 3. The number of allylic oxidation sites excluding steroid dienone is 3. The average Bonchev–Trinajstić information content (AvgIpc) is 4.05. The van der Waals surface area contributed by atoms with Gasteiger partial charge in [-0.3, -0.25) is 14.4 Å². The second kappa shape index (κ2) is 16.6. The van der Waals surface area contributed by atoms with E-state index in [1.165, 1.54) is 12.7 Å². The molecule has 58 heavy (non-hydrogen) atoms. The summed E-state index contributed by atoms with van der Waals surface area (Å²) in [5.41, 5.74) is 7.63. The molecular weight excluding hydrogens is 755 g/mol. The van der Waals surface area contributed by atoms with E-state index in [4.69, 9.17) is 19.2 Å². The zero-order valence-corrected chi connectivity index (χ0v) is 34.5. The van der Waals surface area contributed by atoms with Crippen LogP contribution in [0.3, 0.4) is 0 Å². The fourth-order valence-electron chi connectivity index (χ4n) is 7.60. The van der Waals surface area contributed by atoms with Crippen LogP contribution in [0.5, 0.6) is 11.5 Å². The number of morpholine rings is 1. The first-order valence-electron chi connectivity index (χ1n) is 19.3. The van der Waals surface area contributed by atoms with Gasteiger partial charge in [-0.05, 0) is 78.4 Å². The second-order valence-electron chi connectivity index (χ2n) is 15.6. The SMILES string of the molecule is COc1c(NC(=O)c2ccc(C)c(C3C=Cc4nc(Nc5cc(C#N)cc(OCCN6CCOCC6)c5)ncc4C3C)c2)cc(C(C)(C)C2=CC2)cc1NS(C)(=O)=O. The molecule has 0 spiro atoms. The maximum absolute atomic E-state index is 14.0. The molecule has 2 atom stereocenters. The van der Waals surface area contributed by atoms with Crippen molar-refractivity contribution in [2.24, 2.45) is 0 Å². The van der Waals surface area contributed by atoms with Gasteiger partial charge in [0.25, 0.3) is 5.91 Å². The summed E-state index contributed by atoms with van der Waals surface area (Å²) < 4.78 is 44.4. The Morgan fingerprint density at radius 3 is 2.55 bits per heavy atom. The summed E-state index contributed by atoms with van der Waals surface area (Å²) in [5, 5.41) is 16.0. The minimum absolute atomic E-state index is 0.0141. The van der Waals surface area contributed by atoms with Gasteiger partial charge in [0.15, 0.2) is 5.75 Å². The van der Waals surface area contributed by atoms with E-state index < -0.39 is 10.0 Å². The number of nitrogens with zero attached hydrogens (tertiary/aromatic N) is 4. The van der Waals surface area contributed by atoms with E-state index in [1.807, 2.05) is 43.5 Å². The number of hydrogen-bond donors (Lipinski definition) is 3. The highest BCUT2D eigenvalue weighted by molar-refractivity contribution is 7.92. The van der Waals surface area contributed by atoms with E-state index in [-0.39, 0.29) is 34.6 Å². The minimum Gasteiger partial charge on any atom is -0.492 e. The lowest BCUT2D eigenvalue weighted by Crippen LogP contribution is -2.38. The summed E-state index contributed by atoms with van der Waals surface area (Å²) in [7, 11) is -2.20. The Morgan fingerprint density at radius 1 is 1.09 bits per heavy atom. The summed E-state index contributed by atoms with van der Waals surface area (Å²) in [6.45, 7) is 12.8. The molecule has 1 amide bonds. The van der Waals surface area contributed by atoms with Crippen molar-refractivity contribution in [3.8, 4) is 17.6 Å². The average molecular weight is 804 g/mol. The van der Waals surface area contributed by atoms with E-state index in [0.717, 1.165) is 73.5 Å². The van der Waals surface area contributed by atoms with Gasteiger partial charge in [0.05, 0.1) is 55.3 Å². The van der Waals surface area contributed by atoms with Gasteiger partial charge in [-0.2, -0.15) is 5.26 Å². The highest BCUT2D eigenvalue weighted by Crippen LogP contribution is 2.46. The van der Waals surface area contributed by atoms with Gasteiger partial charge in [-0.25, -0.2) is 18.4 Å². The number of hydrogen-bond acceptors (Lipinski definition) is 11. The van der Waals surface area contributed by atoms with Crippen LogP contribution < -0.4 is 24.8 Å². The fourth-order valence-corrected chi connectivity index (χ4v) is 8.15. The van der Waals surface area contributed by atoms with Crippen molar-refractivity contribution in [1.29, 1.82) is 5.26 Å². The molecule has 2 heterocycles. The largest absolute Gasteiger partial charge is 0.492 e. The minimum atomic E-state index is -3.65. The highest BCUT2D eigenvalue weighted by atomic mass is 32.2. The molecule has 1 saturated heterocycles. The molecule has 302 valence electrons. The topological polar surface area (TPSA) is 168 Å². The van der Waals surface area contributed by atoms with Crippen LogP contribution in [0.25, 0.3) is 6.08 Å². The molecule has 3 aromatic carbocycles. The zero-order chi connectivity index (χ0) is 41.2. The number of nitriles is 1. The van der Waals surface area contributed by atoms with Crippen molar-refractivity contribution in [2.75, 3.05) is 68.2 Å². The van der Waals surface area contributed by atoms with Crippen LogP contribution in [0.15, 0.2) is 72.5 Å². The number of aryl methyl sites for hydroxylation is 1. The van der Waals surface area contributed by atoms with E-state index in [0.29, 0.717) is 40.8 Å². The molecule has 0 saturated carbocycles. The van der Waals surface area contributed by atoms with Crippen LogP contribution in [0.1, 0.15) is 82.9 Å². The molecule has 3 aliphatic rings. The van der Waals surface area contributed by atoms with Gasteiger partial charge in [-0.1, -0.05) is 44.6 Å². The summed E-state index contributed by atoms with van der Waals surface area (Å²) in [6, 6.07) is 16.8. The Bertz CT molecular complexity index is 2450. The molecule has 13 nitrogen and oxygen atoms in total. The normalized spacial score (nSPS) is 17.7. The van der Waals surface area contributed by atoms with E-state index in [9.17, 15) is 18.5 Å². The van der Waals surface area contributed by atoms with E-state index in [1.54, 1.807) is 24.3 Å². The van der Waals surface area contributed by atoms with E-state index in [2.05, 4.69) is 64.2 Å². The van der Waals surface area contributed by atoms with Gasteiger partial charge < -0.3 is 24.8 Å². The van der Waals surface area contributed by atoms with Crippen molar-refractivity contribution >= 4 is 45.0 Å². The summed E-state index contributed by atoms with van der Waals surface area (Å²) in [4.78, 5) is 25.8. The molecule has 4 aromatic rings. The molecule has 1 aromatic heterocycles. The van der Waals surface area contributed by atoms with Gasteiger partial charge >= 0.3 is 0 Å². The van der Waals surface area contributed by atoms with Gasteiger partial charge in [0.2, 0.25) is 16.0 Å². The lowest BCUT2D eigenvalue weighted by atomic mass is 9.77. The molecule has 3 N–H and O–H groups in total.